The Balaban J connectivity index is 1.69. The van der Waals surface area contributed by atoms with Crippen molar-refractivity contribution in [3.63, 3.8) is 0 Å². The number of rotatable bonds is 6. The van der Waals surface area contributed by atoms with Crippen LogP contribution in [0.3, 0.4) is 0 Å². The summed E-state index contributed by atoms with van der Waals surface area (Å²) in [5, 5.41) is 2.16. The highest BCUT2D eigenvalue weighted by Crippen LogP contribution is 2.33. The van der Waals surface area contributed by atoms with Crippen LogP contribution < -0.4 is 10.1 Å². The second-order valence-electron chi connectivity index (χ2n) is 5.85. The summed E-state index contributed by atoms with van der Waals surface area (Å²) in [5.74, 6) is 1.34. The number of hydrogen-bond acceptors (Lipinski definition) is 5. The van der Waals surface area contributed by atoms with Crippen molar-refractivity contribution in [2.24, 2.45) is 0 Å². The molecule has 0 saturated carbocycles. The summed E-state index contributed by atoms with van der Waals surface area (Å²) >= 11 is 0.790. The summed E-state index contributed by atoms with van der Waals surface area (Å²) in [6, 6.07) is 12.1. The molecule has 2 aromatic carbocycles. The molecule has 0 aliphatic carbocycles. The van der Waals surface area contributed by atoms with E-state index in [2.05, 4.69) is 11.2 Å². The van der Waals surface area contributed by atoms with Gasteiger partial charge in [-0.2, -0.15) is 0 Å². The standard InChI is InChI=1S/C21H15FN2O4S/c1-2-11-24-20(26)18(29-21(24)27)12-14-5-3-4-6-17(14)28-13-19(25)23-16-9-7-15(22)8-10-16/h1,3-10,12H,11,13H2,(H,23,25). The number of halogens is 1. The Morgan fingerprint density at radius 1 is 1.21 bits per heavy atom. The molecule has 1 aliphatic rings. The third-order valence-corrected chi connectivity index (χ3v) is 4.72. The molecular formula is C21H15FN2O4S. The van der Waals surface area contributed by atoms with Gasteiger partial charge in [-0.15, -0.1) is 6.42 Å². The zero-order valence-electron chi connectivity index (χ0n) is 15.1. The summed E-state index contributed by atoms with van der Waals surface area (Å²) in [7, 11) is 0. The molecule has 1 aliphatic heterocycles. The molecule has 3 rings (SSSR count). The Hall–Kier alpha value is -3.57. The minimum absolute atomic E-state index is 0.0935. The first-order valence-electron chi connectivity index (χ1n) is 8.44. The molecule has 1 saturated heterocycles. The van der Waals surface area contributed by atoms with Gasteiger partial charge in [0.1, 0.15) is 11.6 Å². The van der Waals surface area contributed by atoms with Gasteiger partial charge in [-0.3, -0.25) is 19.3 Å². The first kappa shape index (κ1) is 20.2. The van der Waals surface area contributed by atoms with Crippen LogP contribution in [0.5, 0.6) is 5.75 Å². The molecule has 0 bridgehead atoms. The maximum Gasteiger partial charge on any atom is 0.294 e. The van der Waals surface area contributed by atoms with E-state index < -0.39 is 22.9 Å². The van der Waals surface area contributed by atoms with Crippen LogP contribution in [0.1, 0.15) is 5.56 Å². The summed E-state index contributed by atoms with van der Waals surface area (Å²) in [4.78, 5) is 37.5. The molecule has 2 aromatic rings. The van der Waals surface area contributed by atoms with Crippen molar-refractivity contribution in [3.05, 3.63) is 64.8 Å². The van der Waals surface area contributed by atoms with Crippen LogP contribution in [-0.2, 0) is 9.59 Å². The van der Waals surface area contributed by atoms with Gasteiger partial charge < -0.3 is 10.1 Å². The number of hydrogen-bond donors (Lipinski definition) is 1. The maximum absolute atomic E-state index is 12.9. The number of carbonyl (C=O) groups excluding carboxylic acids is 3. The third-order valence-electron chi connectivity index (χ3n) is 3.82. The number of imide groups is 1. The Bertz CT molecular complexity index is 1030. The summed E-state index contributed by atoms with van der Waals surface area (Å²) in [6.07, 6.45) is 6.71. The van der Waals surface area contributed by atoms with Crippen molar-refractivity contribution in [2.45, 2.75) is 0 Å². The van der Waals surface area contributed by atoms with Gasteiger partial charge in [0.15, 0.2) is 6.61 Å². The number of amides is 3. The van der Waals surface area contributed by atoms with Crippen LogP contribution in [0, 0.1) is 18.2 Å². The Morgan fingerprint density at radius 2 is 1.93 bits per heavy atom. The minimum Gasteiger partial charge on any atom is -0.483 e. The normalized spacial score (nSPS) is 14.8. The Morgan fingerprint density at radius 3 is 2.66 bits per heavy atom. The number of anilines is 1. The lowest BCUT2D eigenvalue weighted by Crippen LogP contribution is -2.28. The van der Waals surface area contributed by atoms with E-state index in [1.54, 1.807) is 24.3 Å². The second kappa shape index (κ2) is 9.08. The number of benzene rings is 2. The van der Waals surface area contributed by atoms with Gasteiger partial charge in [-0.25, -0.2) is 4.39 Å². The van der Waals surface area contributed by atoms with Crippen LogP contribution in [0.4, 0.5) is 14.9 Å². The molecule has 1 fully saturated rings. The second-order valence-corrected chi connectivity index (χ2v) is 6.85. The van der Waals surface area contributed by atoms with Crippen molar-refractivity contribution < 1.29 is 23.5 Å². The molecule has 0 spiro atoms. The number of nitrogens with zero attached hydrogens (tertiary/aromatic N) is 1. The van der Waals surface area contributed by atoms with Gasteiger partial charge in [0, 0.05) is 11.3 Å². The van der Waals surface area contributed by atoms with E-state index in [4.69, 9.17) is 11.2 Å². The molecule has 29 heavy (non-hydrogen) atoms. The largest absolute Gasteiger partial charge is 0.483 e. The molecule has 0 atom stereocenters. The molecule has 6 nitrogen and oxygen atoms in total. The number of terminal acetylenes is 1. The number of para-hydroxylation sites is 1. The molecular weight excluding hydrogens is 395 g/mol. The lowest BCUT2D eigenvalue weighted by Gasteiger charge is -2.10. The Kier molecular flexibility index (Phi) is 6.32. The van der Waals surface area contributed by atoms with Crippen LogP contribution >= 0.6 is 11.8 Å². The van der Waals surface area contributed by atoms with E-state index in [1.807, 2.05) is 0 Å². The zero-order chi connectivity index (χ0) is 20.8. The molecule has 0 radical (unpaired) electrons. The van der Waals surface area contributed by atoms with Crippen molar-refractivity contribution in [2.75, 3.05) is 18.5 Å². The van der Waals surface area contributed by atoms with Crippen molar-refractivity contribution in [1.29, 1.82) is 0 Å². The van der Waals surface area contributed by atoms with E-state index in [-0.39, 0.29) is 18.1 Å². The maximum atomic E-state index is 12.9. The fourth-order valence-electron chi connectivity index (χ4n) is 2.47. The fraction of sp³-hybridized carbons (Fsp3) is 0.0952. The van der Waals surface area contributed by atoms with Gasteiger partial charge in [-0.05, 0) is 48.2 Å². The number of thioether (sulfide) groups is 1. The van der Waals surface area contributed by atoms with Crippen LogP contribution in [0.2, 0.25) is 0 Å². The van der Waals surface area contributed by atoms with Gasteiger partial charge >= 0.3 is 0 Å². The van der Waals surface area contributed by atoms with Crippen LogP contribution in [0.15, 0.2) is 53.4 Å². The van der Waals surface area contributed by atoms with E-state index in [0.717, 1.165) is 16.7 Å². The van der Waals surface area contributed by atoms with E-state index in [0.29, 0.717) is 17.0 Å². The molecule has 0 aromatic heterocycles. The number of carbonyl (C=O) groups is 3. The van der Waals surface area contributed by atoms with Gasteiger partial charge in [0.25, 0.3) is 17.1 Å². The van der Waals surface area contributed by atoms with Crippen LogP contribution in [-0.4, -0.2) is 35.1 Å². The highest BCUT2D eigenvalue weighted by Gasteiger charge is 2.34. The molecule has 8 heteroatoms. The smallest absolute Gasteiger partial charge is 0.294 e. The molecule has 0 unspecified atom stereocenters. The van der Waals surface area contributed by atoms with Gasteiger partial charge in [0.05, 0.1) is 11.4 Å². The lowest BCUT2D eigenvalue weighted by atomic mass is 10.2. The molecule has 1 N–H and O–H groups in total. The summed E-state index contributed by atoms with van der Waals surface area (Å²) < 4.78 is 18.5. The van der Waals surface area contributed by atoms with Crippen molar-refractivity contribution in [3.8, 4) is 18.1 Å². The average Bonchev–Trinajstić information content (AvgIpc) is 2.97. The van der Waals surface area contributed by atoms with Crippen LogP contribution in [0.25, 0.3) is 6.08 Å². The van der Waals surface area contributed by atoms with Crippen molar-refractivity contribution in [1.82, 2.24) is 4.90 Å². The molecule has 146 valence electrons. The van der Waals surface area contributed by atoms with Gasteiger partial charge in [0.2, 0.25) is 0 Å². The monoisotopic (exact) mass is 410 g/mol. The summed E-state index contributed by atoms with van der Waals surface area (Å²) in [6.45, 7) is -0.384. The number of ether oxygens (including phenoxy) is 1. The SMILES string of the molecule is C#CCN1C(=O)SC(=Cc2ccccc2OCC(=O)Nc2ccc(F)cc2)C1=O. The third kappa shape index (κ3) is 5.03. The summed E-state index contributed by atoms with van der Waals surface area (Å²) in [5.41, 5.74) is 0.976. The highest BCUT2D eigenvalue weighted by atomic mass is 32.2. The first-order chi connectivity index (χ1) is 14.0. The predicted molar refractivity (Wildman–Crippen MR) is 108 cm³/mol. The van der Waals surface area contributed by atoms with Crippen molar-refractivity contribution >= 4 is 40.6 Å². The first-order valence-corrected chi connectivity index (χ1v) is 9.25. The Labute approximate surface area is 170 Å². The fourth-order valence-corrected chi connectivity index (χ4v) is 3.30. The molecule has 1 heterocycles. The molecule has 3 amide bonds. The van der Waals surface area contributed by atoms with Gasteiger partial charge in [-0.1, -0.05) is 24.1 Å². The van der Waals surface area contributed by atoms with E-state index in [9.17, 15) is 18.8 Å². The quantitative estimate of drug-likeness (QED) is 0.583. The number of nitrogens with one attached hydrogen (secondary N) is 1. The highest BCUT2D eigenvalue weighted by molar-refractivity contribution is 8.18. The van der Waals surface area contributed by atoms with E-state index in [1.165, 1.54) is 30.3 Å². The average molecular weight is 410 g/mol. The van der Waals surface area contributed by atoms with E-state index >= 15 is 0 Å². The predicted octanol–water partition coefficient (Wildman–Crippen LogP) is 3.51. The minimum atomic E-state index is -0.471. The topological polar surface area (TPSA) is 75.7 Å². The zero-order valence-corrected chi connectivity index (χ0v) is 15.9. The lowest BCUT2D eigenvalue weighted by molar-refractivity contribution is -0.122.